The van der Waals surface area contributed by atoms with Gasteiger partial charge in [-0.3, -0.25) is 4.79 Å². The van der Waals surface area contributed by atoms with E-state index in [1.54, 1.807) is 0 Å². The van der Waals surface area contributed by atoms with E-state index >= 15 is 0 Å². The molecule has 0 bridgehead atoms. The fourth-order valence-corrected chi connectivity index (χ4v) is 1.67. The number of carbonyl (C=O) groups is 1. The molecule has 0 heterocycles. The number of carboxylic acids is 1. The molecular formula is C12H17NO2. The maximum Gasteiger partial charge on any atom is 0.303 e. The Morgan fingerprint density at radius 2 is 1.87 bits per heavy atom. The summed E-state index contributed by atoms with van der Waals surface area (Å²) in [6, 6.07) is 3.94. The highest BCUT2D eigenvalue weighted by molar-refractivity contribution is 5.68. The third-order valence-electron chi connectivity index (χ3n) is 2.67. The Labute approximate surface area is 89.9 Å². The summed E-state index contributed by atoms with van der Waals surface area (Å²) < 4.78 is 0. The molecule has 1 unspecified atom stereocenters. The van der Waals surface area contributed by atoms with Crippen molar-refractivity contribution in [1.29, 1.82) is 0 Å². The number of nitrogens with two attached hydrogens (primary N) is 1. The summed E-state index contributed by atoms with van der Waals surface area (Å²) in [4.78, 5) is 10.6. The number of rotatable bonds is 3. The van der Waals surface area contributed by atoms with E-state index in [4.69, 9.17) is 10.8 Å². The van der Waals surface area contributed by atoms with Crippen LogP contribution >= 0.6 is 0 Å². The van der Waals surface area contributed by atoms with E-state index in [2.05, 4.69) is 0 Å². The fourth-order valence-electron chi connectivity index (χ4n) is 1.67. The van der Waals surface area contributed by atoms with Crippen molar-refractivity contribution in [2.24, 2.45) is 0 Å². The van der Waals surface area contributed by atoms with Gasteiger partial charge in [0.2, 0.25) is 0 Å². The van der Waals surface area contributed by atoms with E-state index in [1.165, 1.54) is 0 Å². The molecule has 3 heteroatoms. The molecule has 1 aromatic carbocycles. The molecule has 0 spiro atoms. The Kier molecular flexibility index (Phi) is 3.35. The van der Waals surface area contributed by atoms with Crippen LogP contribution in [0.5, 0.6) is 0 Å². The van der Waals surface area contributed by atoms with E-state index in [0.717, 1.165) is 22.4 Å². The first-order valence-electron chi connectivity index (χ1n) is 5.00. The summed E-state index contributed by atoms with van der Waals surface area (Å²) in [5, 5.41) is 8.71. The Morgan fingerprint density at radius 1 is 1.40 bits per heavy atom. The topological polar surface area (TPSA) is 63.3 Å². The maximum absolute atomic E-state index is 10.6. The first-order chi connectivity index (χ1) is 6.91. The average Bonchev–Trinajstić information content (AvgIpc) is 2.12. The molecule has 0 radical (unpaired) electrons. The third-order valence-corrected chi connectivity index (χ3v) is 2.67. The van der Waals surface area contributed by atoms with Crippen LogP contribution in [-0.2, 0) is 4.79 Å². The van der Waals surface area contributed by atoms with E-state index in [1.807, 2.05) is 32.9 Å². The van der Waals surface area contributed by atoms with Gasteiger partial charge in [-0.1, -0.05) is 19.1 Å². The Bertz CT molecular complexity index is 362. The van der Waals surface area contributed by atoms with E-state index in [-0.39, 0.29) is 12.3 Å². The monoisotopic (exact) mass is 207 g/mol. The molecule has 1 aromatic rings. The summed E-state index contributed by atoms with van der Waals surface area (Å²) in [6.07, 6.45) is 0.156. The highest BCUT2D eigenvalue weighted by atomic mass is 16.4. The van der Waals surface area contributed by atoms with Crippen LogP contribution < -0.4 is 5.73 Å². The van der Waals surface area contributed by atoms with Gasteiger partial charge in [0.1, 0.15) is 0 Å². The van der Waals surface area contributed by atoms with Gasteiger partial charge in [0.15, 0.2) is 0 Å². The molecule has 0 aliphatic heterocycles. The molecule has 3 N–H and O–H groups in total. The quantitative estimate of drug-likeness (QED) is 0.748. The van der Waals surface area contributed by atoms with Crippen molar-refractivity contribution >= 4 is 11.7 Å². The standard InChI is InChI=1S/C12H17NO2/c1-7(6-11(14)15)10-4-8(2)12(13)9(3)5-10/h4-5,7H,6,13H2,1-3H3,(H,14,15). The number of anilines is 1. The highest BCUT2D eigenvalue weighted by Gasteiger charge is 2.12. The molecule has 0 aliphatic rings. The lowest BCUT2D eigenvalue weighted by molar-refractivity contribution is -0.137. The predicted octanol–water partition coefficient (Wildman–Crippen LogP) is 2.46. The van der Waals surface area contributed by atoms with Crippen molar-refractivity contribution in [2.75, 3.05) is 5.73 Å². The SMILES string of the molecule is Cc1cc(C(C)CC(=O)O)cc(C)c1N. The van der Waals surface area contributed by atoms with Gasteiger partial charge in [-0.2, -0.15) is 0 Å². The normalized spacial score (nSPS) is 12.5. The van der Waals surface area contributed by atoms with Crippen LogP contribution in [-0.4, -0.2) is 11.1 Å². The minimum Gasteiger partial charge on any atom is -0.481 e. The number of benzene rings is 1. The minimum atomic E-state index is -0.769. The van der Waals surface area contributed by atoms with E-state index in [0.29, 0.717) is 0 Å². The lowest BCUT2D eigenvalue weighted by Crippen LogP contribution is -2.04. The minimum absolute atomic E-state index is 0.0282. The van der Waals surface area contributed by atoms with Crippen molar-refractivity contribution in [2.45, 2.75) is 33.1 Å². The Hall–Kier alpha value is -1.51. The van der Waals surface area contributed by atoms with Gasteiger partial charge in [0.05, 0.1) is 6.42 Å². The smallest absolute Gasteiger partial charge is 0.303 e. The zero-order valence-electron chi connectivity index (χ0n) is 9.37. The average molecular weight is 207 g/mol. The van der Waals surface area contributed by atoms with Crippen LogP contribution in [0.25, 0.3) is 0 Å². The summed E-state index contributed by atoms with van der Waals surface area (Å²) in [5.41, 5.74) is 9.70. The molecule has 0 aromatic heterocycles. The summed E-state index contributed by atoms with van der Waals surface area (Å²) in [5.74, 6) is -0.741. The molecule has 0 amide bonds. The van der Waals surface area contributed by atoms with Crippen LogP contribution in [0, 0.1) is 13.8 Å². The number of aryl methyl sites for hydroxylation is 2. The molecule has 0 saturated carbocycles. The largest absolute Gasteiger partial charge is 0.481 e. The molecule has 0 fully saturated rings. The zero-order valence-corrected chi connectivity index (χ0v) is 9.37. The lowest BCUT2D eigenvalue weighted by Gasteiger charge is -2.13. The lowest BCUT2D eigenvalue weighted by atomic mass is 9.93. The van der Waals surface area contributed by atoms with Crippen LogP contribution in [0.15, 0.2) is 12.1 Å². The molecule has 0 aliphatic carbocycles. The number of hydrogen-bond donors (Lipinski definition) is 2. The van der Waals surface area contributed by atoms with E-state index < -0.39 is 5.97 Å². The second kappa shape index (κ2) is 4.34. The molecule has 82 valence electrons. The maximum atomic E-state index is 10.6. The summed E-state index contributed by atoms with van der Waals surface area (Å²) in [7, 11) is 0. The third kappa shape index (κ3) is 2.72. The van der Waals surface area contributed by atoms with Crippen molar-refractivity contribution in [3.8, 4) is 0 Å². The van der Waals surface area contributed by atoms with Crippen molar-refractivity contribution < 1.29 is 9.90 Å². The molecule has 1 atom stereocenters. The Balaban J connectivity index is 3.00. The second-order valence-electron chi connectivity index (χ2n) is 4.07. The number of nitrogen functional groups attached to an aromatic ring is 1. The highest BCUT2D eigenvalue weighted by Crippen LogP contribution is 2.25. The molecule has 3 nitrogen and oxygen atoms in total. The van der Waals surface area contributed by atoms with Gasteiger partial charge < -0.3 is 10.8 Å². The van der Waals surface area contributed by atoms with Crippen molar-refractivity contribution in [3.63, 3.8) is 0 Å². The number of hydrogen-bond acceptors (Lipinski definition) is 2. The van der Waals surface area contributed by atoms with Gasteiger partial charge in [-0.15, -0.1) is 0 Å². The fraction of sp³-hybridized carbons (Fsp3) is 0.417. The van der Waals surface area contributed by atoms with Gasteiger partial charge in [-0.25, -0.2) is 0 Å². The van der Waals surface area contributed by atoms with Crippen molar-refractivity contribution in [3.05, 3.63) is 28.8 Å². The zero-order chi connectivity index (χ0) is 11.6. The van der Waals surface area contributed by atoms with Crippen LogP contribution in [0.1, 0.15) is 36.0 Å². The van der Waals surface area contributed by atoms with Gasteiger partial charge in [-0.05, 0) is 36.5 Å². The molecular weight excluding hydrogens is 190 g/mol. The van der Waals surface area contributed by atoms with Crippen LogP contribution in [0.2, 0.25) is 0 Å². The van der Waals surface area contributed by atoms with E-state index in [9.17, 15) is 4.79 Å². The first kappa shape index (κ1) is 11.6. The molecule has 15 heavy (non-hydrogen) atoms. The molecule has 0 saturated heterocycles. The first-order valence-corrected chi connectivity index (χ1v) is 5.00. The van der Waals surface area contributed by atoms with Crippen LogP contribution in [0.3, 0.4) is 0 Å². The van der Waals surface area contributed by atoms with Crippen molar-refractivity contribution in [1.82, 2.24) is 0 Å². The van der Waals surface area contributed by atoms with Gasteiger partial charge >= 0.3 is 5.97 Å². The van der Waals surface area contributed by atoms with Gasteiger partial charge in [0.25, 0.3) is 0 Å². The number of carboxylic acid groups (broad SMARTS) is 1. The van der Waals surface area contributed by atoms with Gasteiger partial charge in [0, 0.05) is 5.69 Å². The summed E-state index contributed by atoms with van der Waals surface area (Å²) >= 11 is 0. The predicted molar refractivity (Wildman–Crippen MR) is 61.0 cm³/mol. The summed E-state index contributed by atoms with van der Waals surface area (Å²) in [6.45, 7) is 5.80. The second-order valence-corrected chi connectivity index (χ2v) is 4.07. The van der Waals surface area contributed by atoms with Crippen LogP contribution in [0.4, 0.5) is 5.69 Å². The Morgan fingerprint density at radius 3 is 2.27 bits per heavy atom. The number of aliphatic carboxylic acids is 1. The molecule has 1 rings (SSSR count).